The molecular weight excluding hydrogens is 224 g/mol. The zero-order valence-electron chi connectivity index (χ0n) is 10.1. The highest BCUT2D eigenvalue weighted by molar-refractivity contribution is 5.85. The summed E-state index contributed by atoms with van der Waals surface area (Å²) in [6.07, 6.45) is 6.14. The highest BCUT2D eigenvalue weighted by atomic mass is 35.5. The topological polar surface area (TPSA) is 41.1 Å². The number of hydrogen-bond donors (Lipinski definition) is 2. The Kier molecular flexibility index (Phi) is 5.06. The average Bonchev–Trinajstić information content (AvgIpc) is 2.81. The van der Waals surface area contributed by atoms with Gasteiger partial charge in [-0.1, -0.05) is 13.3 Å². The summed E-state index contributed by atoms with van der Waals surface area (Å²) in [6, 6.07) is 0. The van der Waals surface area contributed by atoms with Gasteiger partial charge in [0.2, 0.25) is 5.91 Å². The minimum absolute atomic E-state index is 0. The molecule has 1 amide bonds. The summed E-state index contributed by atoms with van der Waals surface area (Å²) < 4.78 is 0. The molecule has 1 atom stereocenters. The van der Waals surface area contributed by atoms with Crippen LogP contribution < -0.4 is 10.6 Å². The summed E-state index contributed by atoms with van der Waals surface area (Å²) in [6.45, 7) is 5.00. The van der Waals surface area contributed by atoms with Crippen molar-refractivity contribution in [1.82, 2.24) is 10.6 Å². The Bertz CT molecular complexity index is 235. The van der Waals surface area contributed by atoms with E-state index in [1.165, 1.54) is 25.7 Å². The van der Waals surface area contributed by atoms with E-state index in [0.717, 1.165) is 26.1 Å². The molecule has 94 valence electrons. The normalized spacial score (nSPS) is 25.9. The van der Waals surface area contributed by atoms with Crippen molar-refractivity contribution in [3.63, 3.8) is 0 Å². The van der Waals surface area contributed by atoms with Gasteiger partial charge in [0.1, 0.15) is 0 Å². The summed E-state index contributed by atoms with van der Waals surface area (Å²) in [5, 5.41) is 6.36. The number of carbonyl (C=O) groups excluding carboxylic acids is 1. The number of halogens is 1. The zero-order chi connectivity index (χ0) is 10.7. The van der Waals surface area contributed by atoms with E-state index >= 15 is 0 Å². The summed E-state index contributed by atoms with van der Waals surface area (Å²) in [5.74, 6) is 0.491. The molecule has 2 rings (SSSR count). The third-order valence-electron chi connectivity index (χ3n) is 3.81. The maximum atomic E-state index is 11.8. The molecule has 1 saturated heterocycles. The van der Waals surface area contributed by atoms with Crippen LogP contribution in [-0.2, 0) is 4.79 Å². The fourth-order valence-corrected chi connectivity index (χ4v) is 2.52. The molecule has 0 aromatic heterocycles. The number of carbonyl (C=O) groups is 1. The lowest BCUT2D eigenvalue weighted by molar-refractivity contribution is -0.124. The molecule has 0 bridgehead atoms. The first kappa shape index (κ1) is 13.8. The van der Waals surface area contributed by atoms with E-state index in [1.54, 1.807) is 0 Å². The first-order valence-electron chi connectivity index (χ1n) is 6.24. The van der Waals surface area contributed by atoms with E-state index in [1.807, 2.05) is 0 Å². The zero-order valence-corrected chi connectivity index (χ0v) is 10.9. The first-order chi connectivity index (χ1) is 7.26. The second-order valence-electron chi connectivity index (χ2n) is 5.16. The number of rotatable bonds is 5. The highest BCUT2D eigenvalue weighted by Crippen LogP contribution is 2.48. The Labute approximate surface area is 104 Å². The molecule has 0 aromatic rings. The lowest BCUT2D eigenvalue weighted by Crippen LogP contribution is -2.35. The molecule has 0 spiro atoms. The number of nitrogens with one attached hydrogen (secondary N) is 2. The Balaban J connectivity index is 0.00000128. The van der Waals surface area contributed by atoms with Gasteiger partial charge in [-0.25, -0.2) is 0 Å². The molecule has 16 heavy (non-hydrogen) atoms. The van der Waals surface area contributed by atoms with Crippen LogP contribution in [0.5, 0.6) is 0 Å². The molecule has 1 saturated carbocycles. The van der Waals surface area contributed by atoms with Crippen LogP contribution in [0.25, 0.3) is 0 Å². The average molecular weight is 247 g/mol. The van der Waals surface area contributed by atoms with Crippen molar-refractivity contribution in [3.05, 3.63) is 0 Å². The summed E-state index contributed by atoms with van der Waals surface area (Å²) in [7, 11) is 0. The molecule has 0 aromatic carbocycles. The standard InChI is InChI=1S/C12H22N2O.ClH/c1-2-4-12(5-6-12)9-14-11(15)10-3-7-13-8-10;/h10,13H,2-9H2,1H3,(H,14,15);1H/t10-;/m1./s1. The second-order valence-corrected chi connectivity index (χ2v) is 5.16. The fraction of sp³-hybridized carbons (Fsp3) is 0.917. The van der Waals surface area contributed by atoms with E-state index in [4.69, 9.17) is 0 Å². The maximum Gasteiger partial charge on any atom is 0.224 e. The van der Waals surface area contributed by atoms with Gasteiger partial charge in [-0.15, -0.1) is 12.4 Å². The van der Waals surface area contributed by atoms with E-state index in [9.17, 15) is 4.79 Å². The van der Waals surface area contributed by atoms with Gasteiger partial charge in [-0.05, 0) is 37.6 Å². The molecular formula is C12H23ClN2O. The van der Waals surface area contributed by atoms with Crippen LogP contribution in [0.3, 0.4) is 0 Å². The second kappa shape index (κ2) is 5.87. The van der Waals surface area contributed by atoms with Gasteiger partial charge < -0.3 is 10.6 Å². The van der Waals surface area contributed by atoms with Crippen LogP contribution in [0.15, 0.2) is 0 Å². The van der Waals surface area contributed by atoms with Crippen LogP contribution in [-0.4, -0.2) is 25.5 Å². The van der Waals surface area contributed by atoms with Crippen LogP contribution in [0, 0.1) is 11.3 Å². The molecule has 1 aliphatic carbocycles. The number of hydrogen-bond acceptors (Lipinski definition) is 2. The monoisotopic (exact) mass is 246 g/mol. The van der Waals surface area contributed by atoms with Crippen molar-refractivity contribution < 1.29 is 4.79 Å². The highest BCUT2D eigenvalue weighted by Gasteiger charge is 2.41. The van der Waals surface area contributed by atoms with Crippen molar-refractivity contribution in [3.8, 4) is 0 Å². The lowest BCUT2D eigenvalue weighted by Gasteiger charge is -2.16. The van der Waals surface area contributed by atoms with Gasteiger partial charge in [-0.2, -0.15) is 0 Å². The Morgan fingerprint density at radius 2 is 2.25 bits per heavy atom. The van der Waals surface area contributed by atoms with E-state index in [0.29, 0.717) is 5.41 Å². The third kappa shape index (κ3) is 3.36. The molecule has 0 unspecified atom stereocenters. The Morgan fingerprint density at radius 3 is 2.75 bits per heavy atom. The Hall–Kier alpha value is -0.280. The minimum Gasteiger partial charge on any atom is -0.355 e. The molecule has 2 aliphatic rings. The molecule has 3 nitrogen and oxygen atoms in total. The minimum atomic E-state index is 0. The number of amides is 1. The van der Waals surface area contributed by atoms with E-state index in [-0.39, 0.29) is 24.2 Å². The largest absolute Gasteiger partial charge is 0.355 e. The van der Waals surface area contributed by atoms with Crippen LogP contribution in [0.4, 0.5) is 0 Å². The predicted molar refractivity (Wildman–Crippen MR) is 67.8 cm³/mol. The van der Waals surface area contributed by atoms with Gasteiger partial charge in [0.15, 0.2) is 0 Å². The molecule has 0 radical (unpaired) electrons. The van der Waals surface area contributed by atoms with Crippen LogP contribution in [0.2, 0.25) is 0 Å². The molecule has 2 fully saturated rings. The Morgan fingerprint density at radius 1 is 1.50 bits per heavy atom. The smallest absolute Gasteiger partial charge is 0.224 e. The van der Waals surface area contributed by atoms with Gasteiger partial charge in [0, 0.05) is 13.1 Å². The quantitative estimate of drug-likeness (QED) is 0.776. The van der Waals surface area contributed by atoms with Crippen molar-refractivity contribution in [2.45, 2.75) is 39.0 Å². The van der Waals surface area contributed by atoms with Crippen molar-refractivity contribution in [2.75, 3.05) is 19.6 Å². The maximum absolute atomic E-state index is 11.8. The lowest BCUT2D eigenvalue weighted by atomic mass is 10.00. The van der Waals surface area contributed by atoms with Crippen molar-refractivity contribution in [1.29, 1.82) is 0 Å². The van der Waals surface area contributed by atoms with Gasteiger partial charge in [0.25, 0.3) is 0 Å². The summed E-state index contributed by atoms with van der Waals surface area (Å²) >= 11 is 0. The predicted octanol–water partition coefficient (Wildman–Crippen LogP) is 1.71. The van der Waals surface area contributed by atoms with Crippen LogP contribution in [0.1, 0.15) is 39.0 Å². The summed E-state index contributed by atoms with van der Waals surface area (Å²) in [4.78, 5) is 11.8. The first-order valence-corrected chi connectivity index (χ1v) is 6.24. The molecule has 2 N–H and O–H groups in total. The van der Waals surface area contributed by atoms with Crippen molar-refractivity contribution in [2.24, 2.45) is 11.3 Å². The SMILES string of the molecule is CCCC1(CNC(=O)[C@@H]2CCNC2)CC1.Cl. The van der Waals surface area contributed by atoms with Crippen LogP contribution >= 0.6 is 12.4 Å². The summed E-state index contributed by atoms with van der Waals surface area (Å²) in [5.41, 5.74) is 0.483. The third-order valence-corrected chi connectivity index (χ3v) is 3.81. The van der Waals surface area contributed by atoms with E-state index < -0.39 is 0 Å². The fourth-order valence-electron chi connectivity index (χ4n) is 2.52. The molecule has 1 aliphatic heterocycles. The molecule has 4 heteroatoms. The van der Waals surface area contributed by atoms with Gasteiger partial charge >= 0.3 is 0 Å². The van der Waals surface area contributed by atoms with Gasteiger partial charge in [0.05, 0.1) is 5.92 Å². The molecule has 1 heterocycles. The van der Waals surface area contributed by atoms with Gasteiger partial charge in [-0.3, -0.25) is 4.79 Å². The van der Waals surface area contributed by atoms with E-state index in [2.05, 4.69) is 17.6 Å². The van der Waals surface area contributed by atoms with Crippen molar-refractivity contribution >= 4 is 18.3 Å².